The van der Waals surface area contributed by atoms with Gasteiger partial charge in [0.05, 0.1) is 13.7 Å². The van der Waals surface area contributed by atoms with Gasteiger partial charge >= 0.3 is 0 Å². The summed E-state index contributed by atoms with van der Waals surface area (Å²) in [6, 6.07) is 14.2. The Hall–Kier alpha value is -2.73. The van der Waals surface area contributed by atoms with Crippen molar-refractivity contribution in [3.8, 4) is 11.5 Å². The molecule has 2 aromatic carbocycles. The minimum atomic E-state index is -0.536. The number of nitrogens with one attached hydrogen (secondary N) is 1. The van der Waals surface area contributed by atoms with E-state index in [1.807, 2.05) is 45.0 Å². The molecule has 0 aliphatic rings. The van der Waals surface area contributed by atoms with Gasteiger partial charge in [0.15, 0.2) is 0 Å². The van der Waals surface area contributed by atoms with Crippen LogP contribution >= 0.6 is 11.6 Å². The van der Waals surface area contributed by atoms with Gasteiger partial charge in [-0.2, -0.15) is 0 Å². The van der Waals surface area contributed by atoms with Crippen LogP contribution in [0.5, 0.6) is 11.5 Å². The highest BCUT2D eigenvalue weighted by atomic mass is 35.5. The molecule has 0 bridgehead atoms. The number of ether oxygens (including phenoxy) is 2. The maximum absolute atomic E-state index is 13.2. The van der Waals surface area contributed by atoms with Crippen LogP contribution in [0.1, 0.15) is 52.0 Å². The second-order valence-corrected chi connectivity index (χ2v) is 8.45. The van der Waals surface area contributed by atoms with E-state index in [9.17, 15) is 9.59 Å². The Labute approximate surface area is 202 Å². The van der Waals surface area contributed by atoms with Crippen molar-refractivity contribution in [2.75, 3.05) is 13.7 Å². The number of amides is 2. The molecule has 0 fully saturated rings. The molecule has 180 valence electrons. The van der Waals surface area contributed by atoms with Crippen LogP contribution in [0.15, 0.2) is 48.5 Å². The maximum Gasteiger partial charge on any atom is 0.243 e. The fraction of sp³-hybridized carbons (Fsp3) is 0.462. The normalized spacial score (nSPS) is 12.5. The van der Waals surface area contributed by atoms with Crippen LogP contribution in [0.2, 0.25) is 5.02 Å². The van der Waals surface area contributed by atoms with Crippen LogP contribution in [0.4, 0.5) is 0 Å². The molecule has 33 heavy (non-hydrogen) atoms. The monoisotopic (exact) mass is 474 g/mol. The van der Waals surface area contributed by atoms with Gasteiger partial charge in [-0.1, -0.05) is 37.6 Å². The van der Waals surface area contributed by atoms with Gasteiger partial charge in [0, 0.05) is 24.0 Å². The molecule has 2 rings (SSSR count). The van der Waals surface area contributed by atoms with Gasteiger partial charge in [-0.3, -0.25) is 9.59 Å². The molecular weight excluding hydrogens is 440 g/mol. The molecule has 0 radical (unpaired) electrons. The van der Waals surface area contributed by atoms with E-state index in [0.717, 1.165) is 17.7 Å². The third-order valence-electron chi connectivity index (χ3n) is 5.52. The summed E-state index contributed by atoms with van der Waals surface area (Å²) in [5.74, 6) is 1.27. The molecule has 7 heteroatoms. The minimum absolute atomic E-state index is 0.0530. The first-order valence-corrected chi connectivity index (χ1v) is 11.9. The van der Waals surface area contributed by atoms with E-state index in [0.29, 0.717) is 36.8 Å². The first-order chi connectivity index (χ1) is 15.9. The van der Waals surface area contributed by atoms with E-state index in [1.165, 1.54) is 0 Å². The second kappa shape index (κ2) is 13.7. The molecule has 0 spiro atoms. The van der Waals surface area contributed by atoms with E-state index < -0.39 is 6.04 Å². The van der Waals surface area contributed by atoms with Crippen LogP contribution < -0.4 is 14.8 Å². The molecule has 0 aliphatic heterocycles. The molecule has 1 N–H and O–H groups in total. The fourth-order valence-corrected chi connectivity index (χ4v) is 3.50. The summed E-state index contributed by atoms with van der Waals surface area (Å²) in [5, 5.41) is 3.67. The van der Waals surface area contributed by atoms with Gasteiger partial charge in [0.1, 0.15) is 17.5 Å². The van der Waals surface area contributed by atoms with Crippen LogP contribution in [-0.2, 0) is 16.1 Å². The van der Waals surface area contributed by atoms with Gasteiger partial charge in [-0.25, -0.2) is 0 Å². The smallest absolute Gasteiger partial charge is 0.243 e. The van der Waals surface area contributed by atoms with Crippen LogP contribution in [0.25, 0.3) is 0 Å². The molecule has 0 saturated carbocycles. The minimum Gasteiger partial charge on any atom is -0.497 e. The van der Waals surface area contributed by atoms with Gasteiger partial charge in [-0.05, 0) is 68.1 Å². The van der Waals surface area contributed by atoms with Gasteiger partial charge < -0.3 is 19.7 Å². The van der Waals surface area contributed by atoms with Gasteiger partial charge in [0.25, 0.3) is 0 Å². The SMILES string of the molecule is CC[C@@H](C)NC(=O)[C@H](CC)N(Cc1ccc(OC)cc1)C(=O)CCCOc1ccc(Cl)cc1. The molecule has 0 heterocycles. The van der Waals surface area contributed by atoms with Crippen molar-refractivity contribution < 1.29 is 19.1 Å². The summed E-state index contributed by atoms with van der Waals surface area (Å²) >= 11 is 5.90. The number of halogens is 1. The number of nitrogens with zero attached hydrogens (tertiary/aromatic N) is 1. The highest BCUT2D eigenvalue weighted by Crippen LogP contribution is 2.19. The fourth-order valence-electron chi connectivity index (χ4n) is 3.38. The quantitative estimate of drug-likeness (QED) is 0.403. The molecule has 0 unspecified atom stereocenters. The summed E-state index contributed by atoms with van der Waals surface area (Å²) in [6.07, 6.45) is 2.20. The third-order valence-corrected chi connectivity index (χ3v) is 5.77. The van der Waals surface area contributed by atoms with Crippen molar-refractivity contribution >= 4 is 23.4 Å². The standard InChI is InChI=1S/C26H35ClN2O4/c1-5-19(3)28-26(31)24(6-2)29(18-20-9-13-22(32-4)14-10-20)25(30)8-7-17-33-23-15-11-21(27)12-16-23/h9-16,19,24H,5-8,17-18H2,1-4H3,(H,28,31)/t19-,24+/m1/s1. The molecule has 2 aromatic rings. The van der Waals surface area contributed by atoms with Crippen molar-refractivity contribution in [3.05, 3.63) is 59.1 Å². The molecule has 2 amide bonds. The molecule has 6 nitrogen and oxygen atoms in total. The van der Waals surface area contributed by atoms with E-state index in [-0.39, 0.29) is 24.3 Å². The van der Waals surface area contributed by atoms with Crippen molar-refractivity contribution in [1.82, 2.24) is 10.2 Å². The van der Waals surface area contributed by atoms with E-state index in [2.05, 4.69) is 5.32 Å². The Kier molecular flexibility index (Phi) is 11.0. The third kappa shape index (κ3) is 8.61. The summed E-state index contributed by atoms with van der Waals surface area (Å²) in [5.41, 5.74) is 0.941. The predicted molar refractivity (Wildman–Crippen MR) is 132 cm³/mol. The lowest BCUT2D eigenvalue weighted by Gasteiger charge is -2.31. The summed E-state index contributed by atoms with van der Waals surface area (Å²) in [7, 11) is 1.61. The maximum atomic E-state index is 13.2. The average molecular weight is 475 g/mol. The number of benzene rings is 2. The number of carbonyl (C=O) groups excluding carboxylic acids is 2. The topological polar surface area (TPSA) is 67.9 Å². The van der Waals surface area contributed by atoms with E-state index in [1.54, 1.807) is 36.3 Å². The number of hydrogen-bond donors (Lipinski definition) is 1. The first kappa shape index (κ1) is 26.5. The van der Waals surface area contributed by atoms with Crippen LogP contribution in [0.3, 0.4) is 0 Å². The van der Waals surface area contributed by atoms with Crippen molar-refractivity contribution in [3.63, 3.8) is 0 Å². The van der Waals surface area contributed by atoms with Gasteiger partial charge in [-0.15, -0.1) is 0 Å². The first-order valence-electron chi connectivity index (χ1n) is 11.5. The van der Waals surface area contributed by atoms with Crippen LogP contribution in [0, 0.1) is 0 Å². The average Bonchev–Trinajstić information content (AvgIpc) is 2.82. The largest absolute Gasteiger partial charge is 0.497 e. The van der Waals surface area contributed by atoms with Crippen molar-refractivity contribution in [2.45, 2.75) is 65.1 Å². The van der Waals surface area contributed by atoms with E-state index >= 15 is 0 Å². The molecule has 2 atom stereocenters. The second-order valence-electron chi connectivity index (χ2n) is 8.02. The Morgan fingerprint density at radius 2 is 1.64 bits per heavy atom. The lowest BCUT2D eigenvalue weighted by atomic mass is 10.1. The summed E-state index contributed by atoms with van der Waals surface area (Å²) < 4.78 is 10.9. The number of hydrogen-bond acceptors (Lipinski definition) is 4. The Morgan fingerprint density at radius 1 is 1.00 bits per heavy atom. The molecular formula is C26H35ClN2O4. The number of rotatable bonds is 13. The highest BCUT2D eigenvalue weighted by molar-refractivity contribution is 6.30. The van der Waals surface area contributed by atoms with E-state index in [4.69, 9.17) is 21.1 Å². The summed E-state index contributed by atoms with van der Waals surface area (Å²) in [4.78, 5) is 27.9. The molecule has 0 saturated heterocycles. The predicted octanol–water partition coefficient (Wildman–Crippen LogP) is 5.23. The van der Waals surface area contributed by atoms with Gasteiger partial charge in [0.2, 0.25) is 11.8 Å². The lowest BCUT2D eigenvalue weighted by Crippen LogP contribution is -2.50. The Balaban J connectivity index is 2.07. The zero-order valence-corrected chi connectivity index (χ0v) is 20.7. The van der Waals surface area contributed by atoms with Crippen LogP contribution in [-0.4, -0.2) is 42.5 Å². The Morgan fingerprint density at radius 3 is 2.21 bits per heavy atom. The summed E-state index contributed by atoms with van der Waals surface area (Å²) in [6.45, 7) is 6.67. The van der Waals surface area contributed by atoms with Crippen molar-refractivity contribution in [2.24, 2.45) is 0 Å². The molecule has 0 aromatic heterocycles. The zero-order valence-electron chi connectivity index (χ0n) is 20.0. The molecule has 0 aliphatic carbocycles. The number of methoxy groups -OCH3 is 1. The van der Waals surface area contributed by atoms with Crippen molar-refractivity contribution in [1.29, 1.82) is 0 Å². The number of carbonyl (C=O) groups is 2. The zero-order chi connectivity index (χ0) is 24.2. The lowest BCUT2D eigenvalue weighted by molar-refractivity contribution is -0.141. The highest BCUT2D eigenvalue weighted by Gasteiger charge is 2.28. The Bertz CT molecular complexity index is 871.